The van der Waals surface area contributed by atoms with E-state index in [2.05, 4.69) is 9.97 Å². The van der Waals surface area contributed by atoms with Gasteiger partial charge in [0.15, 0.2) is 0 Å². The number of alkyl halides is 3. The number of carbonyl (C=O) groups excluding carboxylic acids is 1. The molecule has 0 aliphatic heterocycles. The van der Waals surface area contributed by atoms with E-state index < -0.39 is 31.1 Å². The number of aromatic nitrogens is 2. The van der Waals surface area contributed by atoms with Gasteiger partial charge in [-0.2, -0.15) is 13.2 Å². The molecule has 0 spiro atoms. The molecule has 1 aromatic rings. The third-order valence-corrected chi connectivity index (χ3v) is 1.79. The Bertz CT molecular complexity index is 436. The van der Waals surface area contributed by atoms with E-state index in [0.717, 1.165) is 18.7 Å². The van der Waals surface area contributed by atoms with E-state index in [0.29, 0.717) is 0 Å². The summed E-state index contributed by atoms with van der Waals surface area (Å²) in [5.41, 5.74) is -0.206. The molecule has 0 bridgehead atoms. The number of amides is 1. The van der Waals surface area contributed by atoms with Gasteiger partial charge in [-0.3, -0.25) is 9.59 Å². The second kappa shape index (κ2) is 5.43. The summed E-state index contributed by atoms with van der Waals surface area (Å²) in [7, 11) is 0. The lowest BCUT2D eigenvalue weighted by molar-refractivity contribution is -0.149. The number of carboxylic acids is 1. The SMILES string of the molecule is O=C(O)CN(CC(F)(F)F)C(=O)c1cncnc1. The molecule has 1 heterocycles. The Morgan fingerprint density at radius 1 is 1.28 bits per heavy atom. The second-order valence-corrected chi connectivity index (χ2v) is 3.30. The highest BCUT2D eigenvalue weighted by Crippen LogP contribution is 2.17. The fourth-order valence-electron chi connectivity index (χ4n) is 1.17. The summed E-state index contributed by atoms with van der Waals surface area (Å²) in [4.78, 5) is 29.2. The van der Waals surface area contributed by atoms with Crippen LogP contribution in [0.5, 0.6) is 0 Å². The van der Waals surface area contributed by atoms with Gasteiger partial charge < -0.3 is 10.0 Å². The van der Waals surface area contributed by atoms with Crippen LogP contribution in [0.3, 0.4) is 0 Å². The van der Waals surface area contributed by atoms with E-state index in [4.69, 9.17) is 5.11 Å². The fraction of sp³-hybridized carbons (Fsp3) is 0.333. The molecule has 18 heavy (non-hydrogen) atoms. The predicted octanol–water partition coefficient (Wildman–Crippen LogP) is 0.566. The summed E-state index contributed by atoms with van der Waals surface area (Å²) in [6, 6.07) is 0. The Balaban J connectivity index is 2.89. The van der Waals surface area contributed by atoms with Crippen molar-refractivity contribution in [2.75, 3.05) is 13.1 Å². The predicted molar refractivity (Wildman–Crippen MR) is 51.6 cm³/mol. The van der Waals surface area contributed by atoms with Crippen LogP contribution < -0.4 is 0 Å². The second-order valence-electron chi connectivity index (χ2n) is 3.30. The third kappa shape index (κ3) is 4.36. The first-order valence-corrected chi connectivity index (χ1v) is 4.62. The maximum absolute atomic E-state index is 12.2. The van der Waals surface area contributed by atoms with E-state index >= 15 is 0 Å². The Kier molecular flexibility index (Phi) is 4.18. The molecular formula is C9H8F3N3O3. The third-order valence-electron chi connectivity index (χ3n) is 1.79. The van der Waals surface area contributed by atoms with Gasteiger partial charge in [0, 0.05) is 12.4 Å². The monoisotopic (exact) mass is 263 g/mol. The Labute approximate surface area is 99.1 Å². The average Bonchev–Trinajstić information content (AvgIpc) is 2.26. The van der Waals surface area contributed by atoms with E-state index in [1.54, 1.807) is 0 Å². The first-order chi connectivity index (χ1) is 8.29. The van der Waals surface area contributed by atoms with Crippen LogP contribution in [0.2, 0.25) is 0 Å². The molecule has 0 saturated carbocycles. The molecule has 0 unspecified atom stereocenters. The Hall–Kier alpha value is -2.19. The number of hydrogen-bond donors (Lipinski definition) is 1. The van der Waals surface area contributed by atoms with Gasteiger partial charge in [0.05, 0.1) is 5.56 Å². The number of rotatable bonds is 4. The van der Waals surface area contributed by atoms with E-state index in [1.807, 2.05) is 0 Å². The van der Waals surface area contributed by atoms with Crippen molar-refractivity contribution in [2.45, 2.75) is 6.18 Å². The van der Waals surface area contributed by atoms with Gasteiger partial charge in [0.1, 0.15) is 19.4 Å². The van der Waals surface area contributed by atoms with Gasteiger partial charge in [-0.1, -0.05) is 0 Å². The zero-order chi connectivity index (χ0) is 13.8. The van der Waals surface area contributed by atoms with Gasteiger partial charge >= 0.3 is 12.1 Å². The van der Waals surface area contributed by atoms with Gasteiger partial charge in [-0.05, 0) is 0 Å². The molecule has 0 atom stereocenters. The first kappa shape index (κ1) is 13.9. The van der Waals surface area contributed by atoms with Crippen molar-refractivity contribution in [1.82, 2.24) is 14.9 Å². The van der Waals surface area contributed by atoms with E-state index in [-0.39, 0.29) is 10.5 Å². The first-order valence-electron chi connectivity index (χ1n) is 4.62. The van der Waals surface area contributed by atoms with Crippen LogP contribution in [0, 0.1) is 0 Å². The molecule has 0 aliphatic carbocycles. The minimum Gasteiger partial charge on any atom is -0.480 e. The van der Waals surface area contributed by atoms with Gasteiger partial charge in [0.2, 0.25) is 0 Å². The molecule has 9 heteroatoms. The van der Waals surface area contributed by atoms with E-state index in [9.17, 15) is 22.8 Å². The number of halogens is 3. The molecular weight excluding hydrogens is 255 g/mol. The highest BCUT2D eigenvalue weighted by Gasteiger charge is 2.34. The molecule has 0 fully saturated rings. The van der Waals surface area contributed by atoms with Crippen molar-refractivity contribution in [3.8, 4) is 0 Å². The number of aliphatic carboxylic acids is 1. The Morgan fingerprint density at radius 3 is 2.28 bits per heavy atom. The van der Waals surface area contributed by atoms with Crippen LogP contribution in [0.4, 0.5) is 13.2 Å². The summed E-state index contributed by atoms with van der Waals surface area (Å²) in [5.74, 6) is -2.63. The van der Waals surface area contributed by atoms with Crippen molar-refractivity contribution < 1.29 is 27.9 Å². The lowest BCUT2D eigenvalue weighted by Crippen LogP contribution is -2.42. The standard InChI is InChI=1S/C9H8F3N3O3/c10-9(11,12)4-15(3-7(16)17)8(18)6-1-13-5-14-2-6/h1-2,5H,3-4H2,(H,16,17). The zero-order valence-corrected chi connectivity index (χ0v) is 8.89. The molecule has 1 amide bonds. The van der Waals surface area contributed by atoms with Gasteiger partial charge in [0.25, 0.3) is 5.91 Å². The van der Waals surface area contributed by atoms with Crippen LogP contribution >= 0.6 is 0 Å². The number of nitrogens with zero attached hydrogens (tertiary/aromatic N) is 3. The van der Waals surface area contributed by atoms with Crippen molar-refractivity contribution in [3.05, 3.63) is 24.3 Å². The van der Waals surface area contributed by atoms with Crippen LogP contribution in [0.15, 0.2) is 18.7 Å². The molecule has 6 nitrogen and oxygen atoms in total. The number of hydrogen-bond acceptors (Lipinski definition) is 4. The largest absolute Gasteiger partial charge is 0.480 e. The summed E-state index contributed by atoms with van der Waals surface area (Å²) >= 11 is 0. The van der Waals surface area contributed by atoms with Crippen molar-refractivity contribution >= 4 is 11.9 Å². The quantitative estimate of drug-likeness (QED) is 0.858. The maximum atomic E-state index is 12.2. The normalized spacial score (nSPS) is 11.1. The van der Waals surface area contributed by atoms with Crippen LogP contribution in [-0.4, -0.2) is 51.1 Å². The number of carboxylic acid groups (broad SMARTS) is 1. The zero-order valence-electron chi connectivity index (χ0n) is 8.89. The topological polar surface area (TPSA) is 83.4 Å². The molecule has 0 radical (unpaired) electrons. The van der Waals surface area contributed by atoms with Crippen LogP contribution in [-0.2, 0) is 4.79 Å². The van der Waals surface area contributed by atoms with Gasteiger partial charge in [-0.15, -0.1) is 0 Å². The lowest BCUT2D eigenvalue weighted by Gasteiger charge is -2.21. The molecule has 98 valence electrons. The smallest absolute Gasteiger partial charge is 0.406 e. The lowest BCUT2D eigenvalue weighted by atomic mass is 10.3. The molecule has 1 N–H and O–H groups in total. The van der Waals surface area contributed by atoms with Gasteiger partial charge in [-0.25, -0.2) is 9.97 Å². The van der Waals surface area contributed by atoms with Crippen molar-refractivity contribution in [1.29, 1.82) is 0 Å². The number of carbonyl (C=O) groups is 2. The van der Waals surface area contributed by atoms with E-state index in [1.165, 1.54) is 0 Å². The minimum atomic E-state index is -4.68. The molecule has 1 rings (SSSR count). The van der Waals surface area contributed by atoms with Crippen LogP contribution in [0.25, 0.3) is 0 Å². The maximum Gasteiger partial charge on any atom is 0.406 e. The summed E-state index contributed by atoms with van der Waals surface area (Å²) in [5, 5.41) is 8.48. The summed E-state index contributed by atoms with van der Waals surface area (Å²) < 4.78 is 36.6. The average molecular weight is 263 g/mol. The molecule has 0 saturated heterocycles. The summed E-state index contributed by atoms with van der Waals surface area (Å²) in [6.07, 6.45) is -1.55. The molecule has 1 aromatic heterocycles. The highest BCUT2D eigenvalue weighted by atomic mass is 19.4. The molecule has 0 aromatic carbocycles. The fourth-order valence-corrected chi connectivity index (χ4v) is 1.17. The van der Waals surface area contributed by atoms with Crippen molar-refractivity contribution in [2.24, 2.45) is 0 Å². The van der Waals surface area contributed by atoms with Crippen LogP contribution in [0.1, 0.15) is 10.4 Å². The minimum absolute atomic E-state index is 0.168. The summed E-state index contributed by atoms with van der Waals surface area (Å²) in [6.45, 7) is -2.69. The van der Waals surface area contributed by atoms with Crippen molar-refractivity contribution in [3.63, 3.8) is 0 Å². The molecule has 0 aliphatic rings. The highest BCUT2D eigenvalue weighted by molar-refractivity contribution is 5.95. The Morgan fingerprint density at radius 2 is 1.83 bits per heavy atom.